The molecule has 2 heteroatoms. The van der Waals surface area contributed by atoms with Gasteiger partial charge in [0.15, 0.2) is 0 Å². The molecule has 0 aromatic rings. The van der Waals surface area contributed by atoms with Crippen molar-refractivity contribution in [2.75, 3.05) is 13.2 Å². The molecule has 0 aromatic carbocycles. The number of hydrogen-bond donors (Lipinski definition) is 1. The molecule has 1 aliphatic rings. The lowest BCUT2D eigenvalue weighted by atomic mass is 9.95. The maximum Gasteiger partial charge on any atom is 0.0923 e. The Hall–Kier alpha value is -0.110. The summed E-state index contributed by atoms with van der Waals surface area (Å²) in [7, 11) is 0. The third-order valence-electron chi connectivity index (χ3n) is 1.95. The van der Waals surface area contributed by atoms with E-state index < -0.39 is 0 Å². The van der Waals surface area contributed by atoms with Crippen molar-refractivity contribution in [3.8, 4) is 0 Å². The molecule has 1 rings (SSSR count). The second kappa shape index (κ2) is 3.16. The molecule has 54 valence electrons. The summed E-state index contributed by atoms with van der Waals surface area (Å²) >= 11 is 0. The molecule has 1 N–H and O–H groups in total. The van der Waals surface area contributed by atoms with Crippen LogP contribution in [0.4, 0.5) is 4.39 Å². The molecule has 1 aliphatic heterocycles. The van der Waals surface area contributed by atoms with Crippen molar-refractivity contribution in [2.24, 2.45) is 5.92 Å². The maximum atomic E-state index is 12.0. The van der Waals surface area contributed by atoms with Gasteiger partial charge in [-0.2, -0.15) is 0 Å². The van der Waals surface area contributed by atoms with Crippen LogP contribution in [0.2, 0.25) is 0 Å². The molecule has 0 saturated carbocycles. The van der Waals surface area contributed by atoms with Crippen molar-refractivity contribution in [1.82, 2.24) is 5.32 Å². The maximum absolute atomic E-state index is 12.0. The van der Waals surface area contributed by atoms with Crippen molar-refractivity contribution < 1.29 is 4.39 Å². The first kappa shape index (κ1) is 7.00. The van der Waals surface area contributed by atoms with Crippen molar-refractivity contribution in [3.05, 3.63) is 0 Å². The summed E-state index contributed by atoms with van der Waals surface area (Å²) in [6, 6.07) is 0.527. The second-order valence-electron chi connectivity index (χ2n) is 2.90. The number of nitrogens with one attached hydrogen (secondary N) is 1. The summed E-state index contributed by atoms with van der Waals surface area (Å²) in [5.74, 6) is 0.334. The SMILES string of the molecule is CC1CC(CF)CCN1. The van der Waals surface area contributed by atoms with Crippen LogP contribution in [-0.4, -0.2) is 19.3 Å². The number of alkyl halides is 1. The average Bonchev–Trinajstić information content (AvgIpc) is 1.88. The van der Waals surface area contributed by atoms with Gasteiger partial charge in [0.05, 0.1) is 6.67 Å². The highest BCUT2D eigenvalue weighted by Gasteiger charge is 2.17. The fourth-order valence-electron chi connectivity index (χ4n) is 1.38. The van der Waals surface area contributed by atoms with Crippen LogP contribution in [0, 0.1) is 5.92 Å². The van der Waals surface area contributed by atoms with E-state index in [-0.39, 0.29) is 6.67 Å². The van der Waals surface area contributed by atoms with Crippen LogP contribution < -0.4 is 5.32 Å². The van der Waals surface area contributed by atoms with Crippen LogP contribution in [0.25, 0.3) is 0 Å². The standard InChI is InChI=1S/C7H14FN/c1-6-4-7(5-8)2-3-9-6/h6-7,9H,2-5H2,1H3. The number of halogens is 1. The monoisotopic (exact) mass is 131 g/mol. The molecule has 0 aromatic heterocycles. The Morgan fingerprint density at radius 3 is 2.89 bits per heavy atom. The zero-order valence-corrected chi connectivity index (χ0v) is 5.86. The summed E-state index contributed by atoms with van der Waals surface area (Å²) in [6.07, 6.45) is 2.03. The van der Waals surface area contributed by atoms with Crippen molar-refractivity contribution >= 4 is 0 Å². The largest absolute Gasteiger partial charge is 0.314 e. The highest BCUT2D eigenvalue weighted by molar-refractivity contribution is 4.73. The van der Waals surface area contributed by atoms with E-state index in [0.717, 1.165) is 19.4 Å². The van der Waals surface area contributed by atoms with Crippen molar-refractivity contribution in [1.29, 1.82) is 0 Å². The van der Waals surface area contributed by atoms with Gasteiger partial charge in [-0.25, -0.2) is 0 Å². The minimum atomic E-state index is -0.133. The van der Waals surface area contributed by atoms with Gasteiger partial charge in [0.25, 0.3) is 0 Å². The molecule has 1 nitrogen and oxygen atoms in total. The summed E-state index contributed by atoms with van der Waals surface area (Å²) in [4.78, 5) is 0. The van der Waals surface area contributed by atoms with Gasteiger partial charge in [-0.05, 0) is 32.2 Å². The van der Waals surface area contributed by atoms with Gasteiger partial charge in [0, 0.05) is 6.04 Å². The minimum absolute atomic E-state index is 0.133. The Labute approximate surface area is 55.6 Å². The summed E-state index contributed by atoms with van der Waals surface area (Å²) in [5, 5.41) is 3.28. The first-order valence-corrected chi connectivity index (χ1v) is 3.62. The smallest absolute Gasteiger partial charge is 0.0923 e. The first-order chi connectivity index (χ1) is 4.33. The van der Waals surface area contributed by atoms with Crippen LogP contribution >= 0.6 is 0 Å². The van der Waals surface area contributed by atoms with Gasteiger partial charge in [0.2, 0.25) is 0 Å². The van der Waals surface area contributed by atoms with Crippen molar-refractivity contribution in [2.45, 2.75) is 25.8 Å². The van der Waals surface area contributed by atoms with Gasteiger partial charge in [0.1, 0.15) is 0 Å². The van der Waals surface area contributed by atoms with Crippen LogP contribution in [0.5, 0.6) is 0 Å². The molecule has 2 unspecified atom stereocenters. The molecule has 1 saturated heterocycles. The highest BCUT2D eigenvalue weighted by atomic mass is 19.1. The minimum Gasteiger partial charge on any atom is -0.314 e. The Morgan fingerprint density at radius 1 is 1.67 bits per heavy atom. The Bertz CT molecular complexity index is 85.0. The quantitative estimate of drug-likeness (QED) is 0.566. The Kier molecular flexibility index (Phi) is 2.46. The van der Waals surface area contributed by atoms with Crippen LogP contribution in [-0.2, 0) is 0 Å². The molecule has 1 heterocycles. The van der Waals surface area contributed by atoms with E-state index in [1.807, 2.05) is 0 Å². The number of piperidine rings is 1. The summed E-state index contributed by atoms with van der Waals surface area (Å²) in [6.45, 7) is 2.98. The molecule has 0 amide bonds. The molecule has 0 spiro atoms. The predicted octanol–water partition coefficient (Wildman–Crippen LogP) is 1.34. The normalized spacial score (nSPS) is 36.7. The van der Waals surface area contributed by atoms with Crippen LogP contribution in [0.15, 0.2) is 0 Å². The first-order valence-electron chi connectivity index (χ1n) is 3.62. The Morgan fingerprint density at radius 2 is 2.44 bits per heavy atom. The van der Waals surface area contributed by atoms with E-state index in [0.29, 0.717) is 12.0 Å². The van der Waals surface area contributed by atoms with E-state index >= 15 is 0 Å². The lowest BCUT2D eigenvalue weighted by Gasteiger charge is -2.25. The fraction of sp³-hybridized carbons (Fsp3) is 1.00. The van der Waals surface area contributed by atoms with E-state index in [2.05, 4.69) is 12.2 Å². The van der Waals surface area contributed by atoms with E-state index in [1.54, 1.807) is 0 Å². The van der Waals surface area contributed by atoms with E-state index in [1.165, 1.54) is 0 Å². The van der Waals surface area contributed by atoms with Gasteiger partial charge < -0.3 is 5.32 Å². The second-order valence-corrected chi connectivity index (χ2v) is 2.90. The topological polar surface area (TPSA) is 12.0 Å². The number of rotatable bonds is 1. The summed E-state index contributed by atoms with van der Waals surface area (Å²) < 4.78 is 12.0. The molecule has 0 bridgehead atoms. The molecular formula is C7H14FN. The molecule has 0 radical (unpaired) electrons. The summed E-state index contributed by atoms with van der Waals surface area (Å²) in [5.41, 5.74) is 0. The van der Waals surface area contributed by atoms with E-state index in [4.69, 9.17) is 0 Å². The van der Waals surface area contributed by atoms with Crippen LogP contribution in [0.3, 0.4) is 0 Å². The van der Waals surface area contributed by atoms with Gasteiger partial charge in [-0.3, -0.25) is 4.39 Å². The average molecular weight is 131 g/mol. The molecular weight excluding hydrogens is 117 g/mol. The predicted molar refractivity (Wildman–Crippen MR) is 36.2 cm³/mol. The van der Waals surface area contributed by atoms with Gasteiger partial charge in [-0.15, -0.1) is 0 Å². The number of hydrogen-bond acceptors (Lipinski definition) is 1. The third-order valence-corrected chi connectivity index (χ3v) is 1.95. The van der Waals surface area contributed by atoms with Gasteiger partial charge >= 0.3 is 0 Å². The molecule has 2 atom stereocenters. The molecule has 1 fully saturated rings. The van der Waals surface area contributed by atoms with E-state index in [9.17, 15) is 4.39 Å². The highest BCUT2D eigenvalue weighted by Crippen LogP contribution is 2.15. The fourth-order valence-corrected chi connectivity index (χ4v) is 1.38. The Balaban J connectivity index is 2.23. The lowest BCUT2D eigenvalue weighted by Crippen LogP contribution is -2.36. The van der Waals surface area contributed by atoms with Crippen LogP contribution in [0.1, 0.15) is 19.8 Å². The van der Waals surface area contributed by atoms with Crippen molar-refractivity contribution in [3.63, 3.8) is 0 Å². The molecule has 0 aliphatic carbocycles. The third kappa shape index (κ3) is 1.94. The van der Waals surface area contributed by atoms with Gasteiger partial charge in [-0.1, -0.05) is 0 Å². The zero-order chi connectivity index (χ0) is 6.69. The lowest BCUT2D eigenvalue weighted by molar-refractivity contribution is 0.257. The molecule has 9 heavy (non-hydrogen) atoms. The zero-order valence-electron chi connectivity index (χ0n) is 5.86.